The first-order chi connectivity index (χ1) is 12.6. The van der Waals surface area contributed by atoms with Crippen LogP contribution in [0.1, 0.15) is 33.2 Å². The normalized spacial score (nSPS) is 11.4. The predicted octanol–water partition coefficient (Wildman–Crippen LogP) is 4.95. The molecular weight excluding hydrogens is 346 g/mol. The number of hydrogen-bond acceptors (Lipinski definition) is 3. The molecule has 1 aromatic heterocycles. The van der Waals surface area contributed by atoms with E-state index in [4.69, 9.17) is 11.6 Å². The fourth-order valence-electron chi connectivity index (χ4n) is 2.67. The Morgan fingerprint density at radius 2 is 1.88 bits per heavy atom. The van der Waals surface area contributed by atoms with Crippen molar-refractivity contribution in [1.82, 2.24) is 4.98 Å². The molecule has 3 aromatic rings. The van der Waals surface area contributed by atoms with Crippen molar-refractivity contribution < 1.29 is 4.79 Å². The molecule has 0 aliphatic rings. The zero-order chi connectivity index (χ0) is 18.5. The average molecular weight is 362 g/mol. The van der Waals surface area contributed by atoms with Gasteiger partial charge < -0.3 is 5.32 Å². The lowest BCUT2D eigenvalue weighted by Crippen LogP contribution is -2.14. The van der Waals surface area contributed by atoms with Crippen LogP contribution in [0.2, 0.25) is 5.02 Å². The number of benzene rings is 2. The van der Waals surface area contributed by atoms with Crippen molar-refractivity contribution in [2.45, 2.75) is 12.8 Å². The van der Waals surface area contributed by atoms with E-state index in [1.54, 1.807) is 30.3 Å². The van der Waals surface area contributed by atoms with Crippen molar-refractivity contribution in [3.8, 4) is 6.07 Å². The number of carbonyl (C=O) groups excluding carboxylic acids is 1. The van der Waals surface area contributed by atoms with E-state index in [0.29, 0.717) is 22.0 Å². The van der Waals surface area contributed by atoms with Gasteiger partial charge in [0.15, 0.2) is 0 Å². The van der Waals surface area contributed by atoms with Gasteiger partial charge in [-0.15, -0.1) is 0 Å². The van der Waals surface area contributed by atoms with Gasteiger partial charge in [0.25, 0.3) is 5.91 Å². The number of carbonyl (C=O) groups is 1. The van der Waals surface area contributed by atoms with Crippen molar-refractivity contribution >= 4 is 23.2 Å². The summed E-state index contributed by atoms with van der Waals surface area (Å²) in [4.78, 5) is 16.5. The lowest BCUT2D eigenvalue weighted by molar-refractivity contribution is 0.102. The van der Waals surface area contributed by atoms with Crippen LogP contribution in [0.25, 0.3) is 0 Å². The van der Waals surface area contributed by atoms with Gasteiger partial charge in [0.05, 0.1) is 12.0 Å². The number of anilines is 1. The highest BCUT2D eigenvalue weighted by Gasteiger charge is 2.17. The minimum atomic E-state index is -0.466. The van der Waals surface area contributed by atoms with Gasteiger partial charge in [-0.05, 0) is 42.3 Å². The van der Waals surface area contributed by atoms with Gasteiger partial charge in [0.1, 0.15) is 5.69 Å². The third-order valence-corrected chi connectivity index (χ3v) is 4.28. The van der Waals surface area contributed by atoms with Gasteiger partial charge in [-0.25, -0.2) is 4.98 Å². The van der Waals surface area contributed by atoms with Crippen LogP contribution in [-0.2, 0) is 0 Å². The number of aromatic nitrogens is 1. The number of aryl methyl sites for hydroxylation is 1. The Balaban J connectivity index is 1.83. The molecule has 0 aliphatic heterocycles. The van der Waals surface area contributed by atoms with Crippen LogP contribution in [-0.4, -0.2) is 10.9 Å². The molecule has 1 heterocycles. The summed E-state index contributed by atoms with van der Waals surface area (Å²) in [6.07, 6.45) is 0. The summed E-state index contributed by atoms with van der Waals surface area (Å²) < 4.78 is 0. The Hall–Kier alpha value is -3.16. The third-order valence-electron chi connectivity index (χ3n) is 3.95. The molecule has 1 unspecified atom stereocenters. The fourth-order valence-corrected chi connectivity index (χ4v) is 2.96. The lowest BCUT2D eigenvalue weighted by Gasteiger charge is -2.13. The molecule has 0 fully saturated rings. The maximum atomic E-state index is 12.3. The maximum Gasteiger partial charge on any atom is 0.274 e. The van der Waals surface area contributed by atoms with Crippen LogP contribution in [0, 0.1) is 18.3 Å². The first-order valence-electron chi connectivity index (χ1n) is 8.07. The van der Waals surface area contributed by atoms with E-state index in [9.17, 15) is 10.1 Å². The van der Waals surface area contributed by atoms with Crippen LogP contribution in [0.5, 0.6) is 0 Å². The van der Waals surface area contributed by atoms with Crippen LogP contribution in [0.15, 0.2) is 66.7 Å². The van der Waals surface area contributed by atoms with Crippen molar-refractivity contribution in [2.24, 2.45) is 0 Å². The van der Waals surface area contributed by atoms with Crippen molar-refractivity contribution in [2.75, 3.05) is 5.32 Å². The number of halogens is 1. The largest absolute Gasteiger partial charge is 0.321 e. The first-order valence-corrected chi connectivity index (χ1v) is 8.45. The van der Waals surface area contributed by atoms with E-state index in [-0.39, 0.29) is 5.91 Å². The number of nitrogens with zero attached hydrogens (tertiary/aromatic N) is 2. The number of amides is 1. The molecule has 1 amide bonds. The van der Waals surface area contributed by atoms with E-state index >= 15 is 0 Å². The maximum absolute atomic E-state index is 12.3. The van der Waals surface area contributed by atoms with Gasteiger partial charge in [-0.2, -0.15) is 5.26 Å². The fraction of sp³-hybridized carbons (Fsp3) is 0.0952. The molecular formula is C21H16ClN3O. The standard InChI is InChI=1S/C21H16ClN3O/c1-14-6-5-9-20(24-14)21(26)25-16-10-11-17(19(22)12-16)18(13-23)15-7-3-2-4-8-15/h2-12,18H,1H3,(H,25,26). The van der Waals surface area contributed by atoms with Crippen LogP contribution in [0.4, 0.5) is 5.69 Å². The summed E-state index contributed by atoms with van der Waals surface area (Å²) >= 11 is 6.39. The van der Waals surface area contributed by atoms with E-state index in [1.165, 1.54) is 0 Å². The summed E-state index contributed by atoms with van der Waals surface area (Å²) in [5, 5.41) is 12.8. The number of pyridine rings is 1. The molecule has 1 N–H and O–H groups in total. The van der Waals surface area contributed by atoms with Crippen LogP contribution in [0.3, 0.4) is 0 Å². The molecule has 3 rings (SSSR count). The molecule has 0 saturated heterocycles. The molecule has 26 heavy (non-hydrogen) atoms. The Bertz CT molecular complexity index is 980. The smallest absolute Gasteiger partial charge is 0.274 e. The van der Waals surface area contributed by atoms with Crippen LogP contribution >= 0.6 is 11.6 Å². The SMILES string of the molecule is Cc1cccc(C(=O)Nc2ccc(C(C#N)c3ccccc3)c(Cl)c2)n1. The molecule has 128 valence electrons. The highest BCUT2D eigenvalue weighted by Crippen LogP contribution is 2.31. The summed E-state index contributed by atoms with van der Waals surface area (Å²) in [5.74, 6) is -0.774. The zero-order valence-corrected chi connectivity index (χ0v) is 14.9. The number of rotatable bonds is 4. The highest BCUT2D eigenvalue weighted by atomic mass is 35.5. The Morgan fingerprint density at radius 3 is 2.54 bits per heavy atom. The summed E-state index contributed by atoms with van der Waals surface area (Å²) in [5.41, 5.74) is 3.23. The zero-order valence-electron chi connectivity index (χ0n) is 14.1. The minimum Gasteiger partial charge on any atom is -0.321 e. The molecule has 0 saturated carbocycles. The quantitative estimate of drug-likeness (QED) is 0.714. The van der Waals surface area contributed by atoms with Crippen molar-refractivity contribution in [1.29, 1.82) is 5.26 Å². The topological polar surface area (TPSA) is 65.8 Å². The third kappa shape index (κ3) is 3.90. The second-order valence-corrected chi connectivity index (χ2v) is 6.23. The Kier molecular flexibility index (Phi) is 5.31. The molecule has 0 aliphatic carbocycles. The molecule has 2 aromatic carbocycles. The number of nitrogens with one attached hydrogen (secondary N) is 1. The minimum absolute atomic E-state index is 0.308. The molecule has 5 heteroatoms. The van der Waals surface area contributed by atoms with E-state index in [0.717, 1.165) is 11.3 Å². The second-order valence-electron chi connectivity index (χ2n) is 5.83. The van der Waals surface area contributed by atoms with Crippen molar-refractivity contribution in [3.63, 3.8) is 0 Å². The average Bonchev–Trinajstić information content (AvgIpc) is 2.65. The molecule has 0 bridgehead atoms. The van der Waals surface area contributed by atoms with Gasteiger partial charge in [-0.3, -0.25) is 4.79 Å². The van der Waals surface area contributed by atoms with Gasteiger partial charge >= 0.3 is 0 Å². The Morgan fingerprint density at radius 1 is 1.12 bits per heavy atom. The van der Waals surface area contributed by atoms with E-state index in [2.05, 4.69) is 16.4 Å². The second kappa shape index (κ2) is 7.81. The predicted molar refractivity (Wildman–Crippen MR) is 102 cm³/mol. The van der Waals surface area contributed by atoms with Gasteiger partial charge in [0, 0.05) is 16.4 Å². The number of hydrogen-bond donors (Lipinski definition) is 1. The van der Waals surface area contributed by atoms with E-state index in [1.807, 2.05) is 43.3 Å². The monoisotopic (exact) mass is 361 g/mol. The molecule has 1 atom stereocenters. The van der Waals surface area contributed by atoms with Crippen molar-refractivity contribution in [3.05, 3.63) is 94.3 Å². The first kappa shape index (κ1) is 17.7. The lowest BCUT2D eigenvalue weighted by atomic mass is 9.92. The Labute approximate surface area is 157 Å². The van der Waals surface area contributed by atoms with Crippen LogP contribution < -0.4 is 5.32 Å². The summed E-state index contributed by atoms with van der Waals surface area (Å²) in [6.45, 7) is 1.83. The summed E-state index contributed by atoms with van der Waals surface area (Å²) in [6, 6.07) is 22.2. The molecule has 0 spiro atoms. The molecule has 4 nitrogen and oxygen atoms in total. The summed E-state index contributed by atoms with van der Waals surface area (Å²) in [7, 11) is 0. The van der Waals surface area contributed by atoms with Gasteiger partial charge in [0.2, 0.25) is 0 Å². The van der Waals surface area contributed by atoms with E-state index < -0.39 is 5.92 Å². The number of nitriles is 1. The molecule has 0 radical (unpaired) electrons. The highest BCUT2D eigenvalue weighted by molar-refractivity contribution is 6.31. The van der Waals surface area contributed by atoms with Gasteiger partial charge in [-0.1, -0.05) is 54.1 Å².